The van der Waals surface area contributed by atoms with Crippen molar-refractivity contribution in [2.24, 2.45) is 0 Å². The van der Waals surface area contributed by atoms with Gasteiger partial charge in [-0.3, -0.25) is 9.59 Å². The number of ketones is 1. The van der Waals surface area contributed by atoms with E-state index < -0.39 is 5.97 Å². The van der Waals surface area contributed by atoms with Gasteiger partial charge in [0.15, 0.2) is 18.2 Å². The fourth-order valence-electron chi connectivity index (χ4n) is 3.61. The molecule has 0 spiro atoms. The predicted molar refractivity (Wildman–Crippen MR) is 108 cm³/mol. The van der Waals surface area contributed by atoms with Crippen LogP contribution in [0.5, 0.6) is 0 Å². The van der Waals surface area contributed by atoms with Crippen LogP contribution in [0.1, 0.15) is 53.1 Å². The van der Waals surface area contributed by atoms with Gasteiger partial charge in [-0.05, 0) is 67.1 Å². The maximum atomic E-state index is 13.0. The molecule has 0 aliphatic heterocycles. The molecule has 2 aromatic carbocycles. The summed E-state index contributed by atoms with van der Waals surface area (Å²) in [6.45, 7) is -0.118. The molecule has 1 aromatic heterocycles. The average Bonchev–Trinajstić information content (AvgIpc) is 3.25. The van der Waals surface area contributed by atoms with E-state index in [2.05, 4.69) is 4.98 Å². The number of fused-ring (bicyclic) bond motifs is 1. The van der Waals surface area contributed by atoms with E-state index in [4.69, 9.17) is 9.15 Å². The van der Waals surface area contributed by atoms with Crippen LogP contribution in [0.15, 0.2) is 53.1 Å². The number of benzene rings is 2. The maximum absolute atomic E-state index is 13.0. The van der Waals surface area contributed by atoms with Crippen molar-refractivity contribution in [1.29, 1.82) is 0 Å². The minimum atomic E-state index is -0.483. The normalized spacial score (nSPS) is 13.0. The van der Waals surface area contributed by atoms with Gasteiger partial charge in [0.2, 0.25) is 5.89 Å². The Kier molecular flexibility index (Phi) is 6.02. The van der Waals surface area contributed by atoms with Gasteiger partial charge in [0.25, 0.3) is 0 Å². The molecule has 6 heteroatoms. The van der Waals surface area contributed by atoms with Gasteiger partial charge in [0, 0.05) is 17.5 Å². The first-order valence-electron chi connectivity index (χ1n) is 10.1. The Labute approximate surface area is 173 Å². The molecule has 0 atom stereocenters. The zero-order chi connectivity index (χ0) is 20.9. The molecule has 0 saturated carbocycles. The topological polar surface area (TPSA) is 69.4 Å². The number of hydrogen-bond acceptors (Lipinski definition) is 5. The summed E-state index contributed by atoms with van der Waals surface area (Å²) in [6, 6.07) is 11.7. The summed E-state index contributed by atoms with van der Waals surface area (Å²) < 4.78 is 23.7. The Bertz CT molecular complexity index is 1060. The smallest absolute Gasteiger partial charge is 0.306 e. The molecule has 3 aromatic rings. The first-order valence-corrected chi connectivity index (χ1v) is 10.1. The summed E-state index contributed by atoms with van der Waals surface area (Å²) in [7, 11) is 0. The molecule has 30 heavy (non-hydrogen) atoms. The number of rotatable bonds is 7. The number of Topliss-reactive ketones (excluding diaryl/α,β-unsaturated/α-hetero) is 1. The molecular weight excluding hydrogens is 385 g/mol. The van der Waals surface area contributed by atoms with Crippen molar-refractivity contribution in [2.75, 3.05) is 0 Å². The number of hydrogen-bond donors (Lipinski definition) is 0. The second-order valence-corrected chi connectivity index (χ2v) is 7.40. The van der Waals surface area contributed by atoms with E-state index in [0.29, 0.717) is 16.9 Å². The Morgan fingerprint density at radius 2 is 1.77 bits per heavy atom. The highest BCUT2D eigenvalue weighted by Gasteiger charge is 2.15. The lowest BCUT2D eigenvalue weighted by Gasteiger charge is -2.16. The van der Waals surface area contributed by atoms with Crippen molar-refractivity contribution in [1.82, 2.24) is 4.98 Å². The number of carbonyl (C=O) groups is 2. The molecule has 0 saturated heterocycles. The minimum absolute atomic E-state index is 0.00143. The van der Waals surface area contributed by atoms with Crippen molar-refractivity contribution in [3.8, 4) is 11.3 Å². The van der Waals surface area contributed by atoms with Crippen LogP contribution in [0.4, 0.5) is 4.39 Å². The highest BCUT2D eigenvalue weighted by atomic mass is 19.1. The van der Waals surface area contributed by atoms with Crippen molar-refractivity contribution >= 4 is 11.8 Å². The third-order valence-electron chi connectivity index (χ3n) is 5.27. The van der Waals surface area contributed by atoms with E-state index >= 15 is 0 Å². The first kappa shape index (κ1) is 20.0. The third-order valence-corrected chi connectivity index (χ3v) is 5.27. The Hall–Kier alpha value is -3.28. The standard InChI is InChI=1S/C24H22FNO4/c25-20-9-7-17(8-10-20)22-14-26-23(30-22)15-29-24(28)12-11-21(27)19-6-5-16-3-1-2-4-18(16)13-19/h5-10,13-14H,1-4,11-12,15H2. The molecule has 4 rings (SSSR count). The van der Waals surface area contributed by atoms with Gasteiger partial charge in [-0.1, -0.05) is 12.1 Å². The number of aryl methyl sites for hydroxylation is 2. The van der Waals surface area contributed by atoms with E-state index in [1.165, 1.54) is 35.9 Å². The zero-order valence-corrected chi connectivity index (χ0v) is 16.5. The lowest BCUT2D eigenvalue weighted by molar-refractivity contribution is -0.145. The number of ether oxygens (including phenoxy) is 1. The van der Waals surface area contributed by atoms with Gasteiger partial charge in [0.05, 0.1) is 12.6 Å². The Balaban J connectivity index is 1.26. The SMILES string of the molecule is O=C(CCC(=O)c1ccc2c(c1)CCCC2)OCc1ncc(-c2ccc(F)cc2)o1. The van der Waals surface area contributed by atoms with Crippen LogP contribution in [0.2, 0.25) is 0 Å². The Morgan fingerprint density at radius 3 is 2.57 bits per heavy atom. The van der Waals surface area contributed by atoms with Gasteiger partial charge in [-0.25, -0.2) is 9.37 Å². The fraction of sp³-hybridized carbons (Fsp3) is 0.292. The molecule has 0 bridgehead atoms. The van der Waals surface area contributed by atoms with Crippen LogP contribution in [0.25, 0.3) is 11.3 Å². The molecule has 0 N–H and O–H groups in total. The van der Waals surface area contributed by atoms with E-state index in [0.717, 1.165) is 19.3 Å². The van der Waals surface area contributed by atoms with Crippen LogP contribution in [-0.2, 0) is 29.0 Å². The summed E-state index contributed by atoms with van der Waals surface area (Å²) in [6.07, 6.45) is 6.03. The number of aromatic nitrogens is 1. The molecule has 0 radical (unpaired) electrons. The quantitative estimate of drug-likeness (QED) is 0.404. The highest BCUT2D eigenvalue weighted by Crippen LogP contribution is 2.23. The molecule has 5 nitrogen and oxygen atoms in total. The first-order chi connectivity index (χ1) is 14.6. The van der Waals surface area contributed by atoms with E-state index in [9.17, 15) is 14.0 Å². The minimum Gasteiger partial charge on any atom is -0.456 e. The second kappa shape index (κ2) is 9.03. The molecule has 154 valence electrons. The van der Waals surface area contributed by atoms with Gasteiger partial charge in [0.1, 0.15) is 5.82 Å². The second-order valence-electron chi connectivity index (χ2n) is 7.40. The zero-order valence-electron chi connectivity index (χ0n) is 16.5. The van der Waals surface area contributed by atoms with E-state index in [1.54, 1.807) is 12.1 Å². The number of esters is 1. The van der Waals surface area contributed by atoms with E-state index in [1.807, 2.05) is 18.2 Å². The van der Waals surface area contributed by atoms with Gasteiger partial charge < -0.3 is 9.15 Å². The summed E-state index contributed by atoms with van der Waals surface area (Å²) >= 11 is 0. The van der Waals surface area contributed by atoms with Crippen LogP contribution >= 0.6 is 0 Å². The molecular formula is C24H22FNO4. The van der Waals surface area contributed by atoms with Crippen LogP contribution in [0.3, 0.4) is 0 Å². The average molecular weight is 407 g/mol. The van der Waals surface area contributed by atoms with Crippen molar-refractivity contribution in [2.45, 2.75) is 45.1 Å². The van der Waals surface area contributed by atoms with Crippen molar-refractivity contribution in [3.05, 3.63) is 77.1 Å². The summed E-state index contributed by atoms with van der Waals surface area (Å²) in [5.41, 5.74) is 3.90. The summed E-state index contributed by atoms with van der Waals surface area (Å²) in [5.74, 6) is -0.178. The molecule has 0 fully saturated rings. The van der Waals surface area contributed by atoms with Crippen LogP contribution < -0.4 is 0 Å². The van der Waals surface area contributed by atoms with Crippen molar-refractivity contribution < 1.29 is 23.1 Å². The maximum Gasteiger partial charge on any atom is 0.306 e. The number of carbonyl (C=O) groups excluding carboxylic acids is 2. The van der Waals surface area contributed by atoms with Crippen LogP contribution in [-0.4, -0.2) is 16.7 Å². The lowest BCUT2D eigenvalue weighted by Crippen LogP contribution is -2.10. The number of halogens is 1. The lowest BCUT2D eigenvalue weighted by atomic mass is 9.89. The fourth-order valence-corrected chi connectivity index (χ4v) is 3.61. The van der Waals surface area contributed by atoms with E-state index in [-0.39, 0.29) is 36.9 Å². The highest BCUT2D eigenvalue weighted by molar-refractivity contribution is 5.97. The third kappa shape index (κ3) is 4.82. The van der Waals surface area contributed by atoms with Crippen LogP contribution in [0, 0.1) is 5.82 Å². The summed E-state index contributed by atoms with van der Waals surface area (Å²) in [4.78, 5) is 28.5. The molecule has 1 aliphatic rings. The number of oxazole rings is 1. The molecule has 1 heterocycles. The molecule has 0 unspecified atom stereocenters. The Morgan fingerprint density at radius 1 is 1.00 bits per heavy atom. The van der Waals surface area contributed by atoms with Gasteiger partial charge >= 0.3 is 5.97 Å². The molecule has 1 aliphatic carbocycles. The predicted octanol–water partition coefficient (Wildman–Crippen LogP) is 5.07. The molecule has 0 amide bonds. The largest absolute Gasteiger partial charge is 0.456 e. The number of nitrogens with zero attached hydrogens (tertiary/aromatic N) is 1. The van der Waals surface area contributed by atoms with Gasteiger partial charge in [-0.2, -0.15) is 0 Å². The van der Waals surface area contributed by atoms with Gasteiger partial charge in [-0.15, -0.1) is 0 Å². The van der Waals surface area contributed by atoms with Crippen molar-refractivity contribution in [3.63, 3.8) is 0 Å². The summed E-state index contributed by atoms with van der Waals surface area (Å²) in [5, 5.41) is 0. The monoisotopic (exact) mass is 407 g/mol.